The number of hydrogen-bond acceptors (Lipinski definition) is 7. The van der Waals surface area contributed by atoms with Crippen LogP contribution < -0.4 is 5.73 Å². The second-order valence-corrected chi connectivity index (χ2v) is 4.97. The summed E-state index contributed by atoms with van der Waals surface area (Å²) in [5.74, 6) is -0.208. The predicted molar refractivity (Wildman–Crippen MR) is 78.2 cm³/mol. The molecule has 0 aliphatic carbocycles. The van der Waals surface area contributed by atoms with Crippen LogP contribution in [-0.4, -0.2) is 32.8 Å². The molecule has 0 radical (unpaired) electrons. The molecule has 2 aromatic rings. The summed E-state index contributed by atoms with van der Waals surface area (Å²) in [6.07, 6.45) is 0.492. The number of oxime groups is 1. The van der Waals surface area contributed by atoms with Gasteiger partial charge < -0.3 is 10.5 Å². The van der Waals surface area contributed by atoms with Crippen LogP contribution in [0.1, 0.15) is 12.6 Å². The standard InChI is InChI=1S/C10H9BrFN5O3S/c1-2-19-10(18)20-16-8(13)7-6-3-5(11)4-14-9(6)17(15-7)21-12/h3-4H,2H2,1H3,(H2,13,16). The van der Waals surface area contributed by atoms with E-state index in [4.69, 9.17) is 5.73 Å². The first-order chi connectivity index (χ1) is 10.1. The van der Waals surface area contributed by atoms with Crippen LogP contribution in [-0.2, 0) is 9.57 Å². The van der Waals surface area contributed by atoms with Crippen molar-refractivity contribution >= 4 is 51.3 Å². The third-order valence-corrected chi connectivity index (χ3v) is 3.07. The molecule has 2 N–H and O–H groups in total. The van der Waals surface area contributed by atoms with Crippen LogP contribution in [0.4, 0.5) is 8.68 Å². The number of pyridine rings is 1. The molecule has 11 heteroatoms. The SMILES string of the molecule is CCOC(=O)O/N=C(\N)c1nn(SF)c2ncc(Br)cc12. The number of nitrogens with zero attached hydrogens (tertiary/aromatic N) is 4. The van der Waals surface area contributed by atoms with Crippen LogP contribution in [0, 0.1) is 0 Å². The lowest BCUT2D eigenvalue weighted by molar-refractivity contribution is 0.0612. The number of amidine groups is 1. The zero-order chi connectivity index (χ0) is 15.4. The summed E-state index contributed by atoms with van der Waals surface area (Å²) in [6.45, 7) is 1.76. The monoisotopic (exact) mass is 377 g/mol. The van der Waals surface area contributed by atoms with Crippen LogP contribution in [0.25, 0.3) is 11.0 Å². The molecule has 0 fully saturated rings. The Labute approximate surface area is 131 Å². The first-order valence-electron chi connectivity index (χ1n) is 5.57. The molecule has 8 nitrogen and oxygen atoms in total. The highest BCUT2D eigenvalue weighted by molar-refractivity contribution is 9.10. The van der Waals surface area contributed by atoms with Crippen molar-refractivity contribution in [2.24, 2.45) is 10.9 Å². The lowest BCUT2D eigenvalue weighted by Crippen LogP contribution is -2.16. The van der Waals surface area contributed by atoms with Crippen LogP contribution in [0.2, 0.25) is 0 Å². The highest BCUT2D eigenvalue weighted by atomic mass is 79.9. The fourth-order valence-electron chi connectivity index (χ4n) is 1.46. The molecule has 2 rings (SSSR count). The second-order valence-electron chi connectivity index (χ2n) is 3.57. The minimum atomic E-state index is -0.997. The van der Waals surface area contributed by atoms with Crippen molar-refractivity contribution in [3.05, 3.63) is 22.4 Å². The number of hydrogen-bond donors (Lipinski definition) is 1. The van der Waals surface area contributed by atoms with Gasteiger partial charge in [-0.2, -0.15) is 9.19 Å². The van der Waals surface area contributed by atoms with Crippen molar-refractivity contribution < 1.29 is 18.3 Å². The topological polar surface area (TPSA) is 105 Å². The minimum Gasteiger partial charge on any atom is -0.433 e. The Morgan fingerprint density at radius 3 is 3.10 bits per heavy atom. The number of carbonyl (C=O) groups is 1. The number of carbonyl (C=O) groups excluding carboxylic acids is 1. The van der Waals surface area contributed by atoms with Gasteiger partial charge in [0.2, 0.25) is 0 Å². The first-order valence-corrected chi connectivity index (χ1v) is 7.04. The number of fused-ring (bicyclic) bond motifs is 1. The van der Waals surface area contributed by atoms with Crippen LogP contribution in [0.3, 0.4) is 0 Å². The maximum atomic E-state index is 12.8. The molecule has 0 atom stereocenters. The molecule has 2 heterocycles. The van der Waals surface area contributed by atoms with Gasteiger partial charge in [0, 0.05) is 10.7 Å². The molecule has 0 aliphatic rings. The number of ether oxygens (including phenoxy) is 1. The molecule has 0 unspecified atom stereocenters. The van der Waals surface area contributed by atoms with E-state index in [1.54, 1.807) is 13.0 Å². The smallest absolute Gasteiger partial charge is 0.433 e. The van der Waals surface area contributed by atoms with E-state index < -0.39 is 6.16 Å². The first kappa shape index (κ1) is 15.5. The minimum absolute atomic E-state index is 0.133. The largest absolute Gasteiger partial charge is 0.535 e. The van der Waals surface area contributed by atoms with Gasteiger partial charge in [-0.1, -0.05) is 5.16 Å². The molecule has 112 valence electrons. The summed E-state index contributed by atoms with van der Waals surface area (Å²) in [5.41, 5.74) is 6.08. The van der Waals surface area contributed by atoms with Gasteiger partial charge >= 0.3 is 6.16 Å². The Balaban J connectivity index is 2.38. The highest BCUT2D eigenvalue weighted by Gasteiger charge is 2.17. The molecule has 0 amide bonds. The van der Waals surface area contributed by atoms with E-state index >= 15 is 0 Å². The van der Waals surface area contributed by atoms with Gasteiger partial charge in [0.15, 0.2) is 23.8 Å². The molecule has 0 saturated carbocycles. The number of nitrogens with two attached hydrogens (primary N) is 1. The van der Waals surface area contributed by atoms with Crippen LogP contribution >= 0.6 is 28.3 Å². The molecule has 0 aliphatic heterocycles. The van der Waals surface area contributed by atoms with Crippen LogP contribution in [0.15, 0.2) is 21.9 Å². The zero-order valence-corrected chi connectivity index (χ0v) is 13.0. The molecule has 0 spiro atoms. The molecule has 0 aromatic carbocycles. The average Bonchev–Trinajstić information content (AvgIpc) is 2.83. The van der Waals surface area contributed by atoms with Gasteiger partial charge in [-0.05, 0) is 28.9 Å². The number of halogens is 2. The zero-order valence-electron chi connectivity index (χ0n) is 10.6. The van der Waals surface area contributed by atoms with Gasteiger partial charge in [0.05, 0.1) is 12.0 Å². The molecular weight excluding hydrogens is 369 g/mol. The Morgan fingerprint density at radius 2 is 2.43 bits per heavy atom. The summed E-state index contributed by atoms with van der Waals surface area (Å²) in [5, 5.41) is 7.76. The quantitative estimate of drug-likeness (QED) is 0.286. The summed E-state index contributed by atoms with van der Waals surface area (Å²) in [4.78, 5) is 19.5. The second kappa shape index (κ2) is 6.72. The van der Waals surface area contributed by atoms with E-state index in [9.17, 15) is 8.68 Å². The fourth-order valence-corrected chi connectivity index (χ4v) is 2.12. The summed E-state index contributed by atoms with van der Waals surface area (Å²) >= 11 is 3.10. The van der Waals surface area contributed by atoms with E-state index in [-0.39, 0.29) is 36.1 Å². The molecule has 2 aromatic heterocycles. The van der Waals surface area contributed by atoms with Crippen molar-refractivity contribution in [3.8, 4) is 0 Å². The van der Waals surface area contributed by atoms with E-state index in [0.717, 1.165) is 4.09 Å². The third-order valence-electron chi connectivity index (χ3n) is 2.25. The van der Waals surface area contributed by atoms with E-state index in [2.05, 4.69) is 40.7 Å². The maximum Gasteiger partial charge on any atom is 0.535 e. The van der Waals surface area contributed by atoms with Crippen molar-refractivity contribution in [1.82, 2.24) is 14.2 Å². The third kappa shape index (κ3) is 3.42. The molecule has 0 saturated heterocycles. The van der Waals surface area contributed by atoms with E-state index in [0.29, 0.717) is 9.86 Å². The summed E-state index contributed by atoms with van der Waals surface area (Å²) in [6, 6.07) is 1.64. The summed E-state index contributed by atoms with van der Waals surface area (Å²) < 4.78 is 18.9. The maximum absolute atomic E-state index is 12.8. The average molecular weight is 378 g/mol. The fraction of sp³-hybridized carbons (Fsp3) is 0.200. The lowest BCUT2D eigenvalue weighted by Gasteiger charge is -1.99. The van der Waals surface area contributed by atoms with Crippen LogP contribution in [0.5, 0.6) is 0 Å². The van der Waals surface area contributed by atoms with Gasteiger partial charge in [0.1, 0.15) is 5.69 Å². The van der Waals surface area contributed by atoms with Gasteiger partial charge in [-0.25, -0.2) is 9.78 Å². The van der Waals surface area contributed by atoms with Crippen molar-refractivity contribution in [2.45, 2.75) is 6.92 Å². The van der Waals surface area contributed by atoms with Gasteiger partial charge in [0.25, 0.3) is 0 Å². The highest BCUT2D eigenvalue weighted by Crippen LogP contribution is 2.24. The normalized spacial score (nSPS) is 11.7. The Morgan fingerprint density at radius 1 is 1.67 bits per heavy atom. The lowest BCUT2D eigenvalue weighted by atomic mass is 10.2. The molecule has 0 bridgehead atoms. The summed E-state index contributed by atoms with van der Waals surface area (Å²) in [7, 11) is 0. The Hall–Kier alpha value is -1.88. The van der Waals surface area contributed by atoms with Crippen molar-refractivity contribution in [3.63, 3.8) is 0 Å². The molecular formula is C10H9BrFN5O3S. The van der Waals surface area contributed by atoms with Crippen molar-refractivity contribution in [2.75, 3.05) is 6.61 Å². The van der Waals surface area contributed by atoms with Crippen molar-refractivity contribution in [1.29, 1.82) is 0 Å². The van der Waals surface area contributed by atoms with Gasteiger partial charge in [-0.15, -0.1) is 3.89 Å². The Bertz CT molecular complexity index is 707. The predicted octanol–water partition coefficient (Wildman–Crippen LogP) is 2.37. The number of rotatable bonds is 4. The number of aromatic nitrogens is 3. The van der Waals surface area contributed by atoms with E-state index in [1.165, 1.54) is 6.20 Å². The van der Waals surface area contributed by atoms with E-state index in [1.807, 2.05) is 0 Å². The Kier molecular flexibility index (Phi) is 4.96. The molecule has 21 heavy (non-hydrogen) atoms. The van der Waals surface area contributed by atoms with Gasteiger partial charge in [-0.3, -0.25) is 4.84 Å².